The van der Waals surface area contributed by atoms with Crippen molar-refractivity contribution in [3.05, 3.63) is 30.5 Å². The summed E-state index contributed by atoms with van der Waals surface area (Å²) < 4.78 is 5.27. The molecule has 0 aliphatic rings. The standard InChI is InChI=1S/C15H21N3O/c1-3-16-8-4-9-17-15-14-11-13(19-2)6-5-12(14)7-10-18-15/h5-7,10-11,16H,3-4,8-9H2,1-2H3,(H,17,18). The maximum Gasteiger partial charge on any atom is 0.133 e. The molecule has 2 N–H and O–H groups in total. The molecule has 1 aromatic carbocycles. The number of rotatable bonds is 7. The van der Waals surface area contributed by atoms with Crippen molar-refractivity contribution < 1.29 is 4.74 Å². The zero-order valence-electron chi connectivity index (χ0n) is 11.6. The number of hydrogen-bond donors (Lipinski definition) is 2. The van der Waals surface area contributed by atoms with Crippen LogP contribution in [0.15, 0.2) is 30.5 Å². The molecule has 0 amide bonds. The molecule has 0 fully saturated rings. The van der Waals surface area contributed by atoms with Crippen molar-refractivity contribution in [1.29, 1.82) is 0 Å². The molecule has 2 rings (SSSR count). The zero-order valence-corrected chi connectivity index (χ0v) is 11.6. The fourth-order valence-electron chi connectivity index (χ4n) is 2.01. The fourth-order valence-corrected chi connectivity index (χ4v) is 2.01. The second-order valence-corrected chi connectivity index (χ2v) is 4.38. The molecule has 0 radical (unpaired) electrons. The fraction of sp³-hybridized carbons (Fsp3) is 0.400. The first kappa shape index (κ1) is 13.6. The number of nitrogens with one attached hydrogen (secondary N) is 2. The van der Waals surface area contributed by atoms with Gasteiger partial charge in [0.05, 0.1) is 7.11 Å². The summed E-state index contributed by atoms with van der Waals surface area (Å²) in [5, 5.41) is 8.97. The van der Waals surface area contributed by atoms with E-state index in [9.17, 15) is 0 Å². The van der Waals surface area contributed by atoms with Crippen molar-refractivity contribution in [2.45, 2.75) is 13.3 Å². The van der Waals surface area contributed by atoms with Crippen LogP contribution in [0.3, 0.4) is 0 Å². The molecule has 4 heteroatoms. The summed E-state index contributed by atoms with van der Waals surface area (Å²) in [4.78, 5) is 4.41. The molecule has 1 heterocycles. The highest BCUT2D eigenvalue weighted by Crippen LogP contribution is 2.25. The zero-order chi connectivity index (χ0) is 13.5. The number of ether oxygens (including phenoxy) is 1. The monoisotopic (exact) mass is 259 g/mol. The number of hydrogen-bond acceptors (Lipinski definition) is 4. The van der Waals surface area contributed by atoms with Gasteiger partial charge in [-0.05, 0) is 43.1 Å². The molecule has 0 saturated carbocycles. The van der Waals surface area contributed by atoms with Gasteiger partial charge in [0.2, 0.25) is 0 Å². The van der Waals surface area contributed by atoms with E-state index in [0.29, 0.717) is 0 Å². The Morgan fingerprint density at radius 3 is 2.89 bits per heavy atom. The van der Waals surface area contributed by atoms with Gasteiger partial charge < -0.3 is 15.4 Å². The lowest BCUT2D eigenvalue weighted by atomic mass is 10.1. The first-order chi connectivity index (χ1) is 9.35. The highest BCUT2D eigenvalue weighted by atomic mass is 16.5. The topological polar surface area (TPSA) is 46.2 Å². The second kappa shape index (κ2) is 6.95. The lowest BCUT2D eigenvalue weighted by molar-refractivity contribution is 0.415. The van der Waals surface area contributed by atoms with Crippen LogP contribution in [0.2, 0.25) is 0 Å². The van der Waals surface area contributed by atoms with E-state index in [1.54, 1.807) is 7.11 Å². The van der Waals surface area contributed by atoms with Crippen LogP contribution in [0, 0.1) is 0 Å². The number of pyridine rings is 1. The number of nitrogens with zero attached hydrogens (tertiary/aromatic N) is 1. The molecule has 0 aliphatic heterocycles. The van der Waals surface area contributed by atoms with Crippen LogP contribution in [0.4, 0.5) is 5.82 Å². The largest absolute Gasteiger partial charge is 0.497 e. The van der Waals surface area contributed by atoms with Crippen molar-refractivity contribution in [3.63, 3.8) is 0 Å². The summed E-state index contributed by atoms with van der Waals surface area (Å²) in [6.07, 6.45) is 2.91. The van der Waals surface area contributed by atoms with Crippen LogP contribution in [0.1, 0.15) is 13.3 Å². The third kappa shape index (κ3) is 3.58. The molecule has 102 valence electrons. The van der Waals surface area contributed by atoms with Crippen molar-refractivity contribution in [3.8, 4) is 5.75 Å². The molecule has 0 unspecified atom stereocenters. The highest BCUT2D eigenvalue weighted by Gasteiger charge is 2.03. The van der Waals surface area contributed by atoms with Gasteiger partial charge in [-0.15, -0.1) is 0 Å². The first-order valence-electron chi connectivity index (χ1n) is 6.72. The van der Waals surface area contributed by atoms with Gasteiger partial charge in [-0.3, -0.25) is 0 Å². The maximum absolute atomic E-state index is 5.27. The Kier molecular flexibility index (Phi) is 4.98. The van der Waals surface area contributed by atoms with E-state index in [0.717, 1.165) is 43.0 Å². The number of methoxy groups -OCH3 is 1. The molecular formula is C15H21N3O. The van der Waals surface area contributed by atoms with E-state index in [-0.39, 0.29) is 0 Å². The molecule has 4 nitrogen and oxygen atoms in total. The van der Waals surface area contributed by atoms with Gasteiger partial charge in [0.15, 0.2) is 0 Å². The van der Waals surface area contributed by atoms with Crippen molar-refractivity contribution in [2.24, 2.45) is 0 Å². The summed E-state index contributed by atoms with van der Waals surface area (Å²) in [5.74, 6) is 1.78. The summed E-state index contributed by atoms with van der Waals surface area (Å²) in [6, 6.07) is 8.06. The number of anilines is 1. The third-order valence-electron chi connectivity index (χ3n) is 3.05. The van der Waals surface area contributed by atoms with Gasteiger partial charge in [0, 0.05) is 18.1 Å². The molecule has 19 heavy (non-hydrogen) atoms. The van der Waals surface area contributed by atoms with Gasteiger partial charge in [-0.25, -0.2) is 4.98 Å². The molecule has 0 spiro atoms. The van der Waals surface area contributed by atoms with Crippen LogP contribution in [-0.4, -0.2) is 31.7 Å². The molecular weight excluding hydrogens is 238 g/mol. The van der Waals surface area contributed by atoms with Gasteiger partial charge in [0.25, 0.3) is 0 Å². The first-order valence-corrected chi connectivity index (χ1v) is 6.72. The second-order valence-electron chi connectivity index (χ2n) is 4.38. The van der Waals surface area contributed by atoms with E-state index in [1.807, 2.05) is 24.4 Å². The van der Waals surface area contributed by atoms with Gasteiger partial charge in [-0.1, -0.05) is 13.0 Å². The lowest BCUT2D eigenvalue weighted by Crippen LogP contribution is -2.17. The molecule has 0 atom stereocenters. The van der Waals surface area contributed by atoms with Crippen molar-refractivity contribution >= 4 is 16.6 Å². The number of aromatic nitrogens is 1. The van der Waals surface area contributed by atoms with Crippen LogP contribution < -0.4 is 15.4 Å². The minimum Gasteiger partial charge on any atom is -0.497 e. The quantitative estimate of drug-likeness (QED) is 0.750. The minimum absolute atomic E-state index is 0.858. The molecule has 2 aromatic rings. The van der Waals surface area contributed by atoms with Gasteiger partial charge in [-0.2, -0.15) is 0 Å². The van der Waals surface area contributed by atoms with Crippen molar-refractivity contribution in [2.75, 3.05) is 32.1 Å². The Labute approximate surface area is 114 Å². The van der Waals surface area contributed by atoms with Crippen LogP contribution in [0.5, 0.6) is 5.75 Å². The third-order valence-corrected chi connectivity index (χ3v) is 3.05. The molecule has 0 aliphatic carbocycles. The molecule has 0 bridgehead atoms. The average molecular weight is 259 g/mol. The summed E-state index contributed by atoms with van der Waals surface area (Å²) >= 11 is 0. The van der Waals surface area contributed by atoms with E-state index in [2.05, 4.69) is 28.6 Å². The number of benzene rings is 1. The normalized spacial score (nSPS) is 10.6. The summed E-state index contributed by atoms with van der Waals surface area (Å²) in [6.45, 7) is 5.07. The van der Waals surface area contributed by atoms with E-state index in [4.69, 9.17) is 4.74 Å². The number of fused-ring (bicyclic) bond motifs is 1. The smallest absolute Gasteiger partial charge is 0.133 e. The van der Waals surface area contributed by atoms with Gasteiger partial charge >= 0.3 is 0 Å². The lowest BCUT2D eigenvalue weighted by Gasteiger charge is -2.10. The van der Waals surface area contributed by atoms with Crippen LogP contribution in [-0.2, 0) is 0 Å². The highest BCUT2D eigenvalue weighted by molar-refractivity contribution is 5.92. The Morgan fingerprint density at radius 2 is 2.11 bits per heavy atom. The Morgan fingerprint density at radius 1 is 1.21 bits per heavy atom. The Hall–Kier alpha value is -1.81. The van der Waals surface area contributed by atoms with Crippen LogP contribution in [0.25, 0.3) is 10.8 Å². The van der Waals surface area contributed by atoms with E-state index in [1.165, 1.54) is 5.39 Å². The SMILES string of the molecule is CCNCCCNc1nccc2ccc(OC)cc12. The Bertz CT molecular complexity index is 528. The van der Waals surface area contributed by atoms with E-state index >= 15 is 0 Å². The summed E-state index contributed by atoms with van der Waals surface area (Å²) in [7, 11) is 1.68. The molecule has 0 saturated heterocycles. The van der Waals surface area contributed by atoms with Crippen molar-refractivity contribution in [1.82, 2.24) is 10.3 Å². The summed E-state index contributed by atoms with van der Waals surface area (Å²) in [5.41, 5.74) is 0. The predicted octanol–water partition coefficient (Wildman–Crippen LogP) is 2.65. The van der Waals surface area contributed by atoms with E-state index < -0.39 is 0 Å². The molecule has 1 aromatic heterocycles. The Balaban J connectivity index is 2.08. The average Bonchev–Trinajstić information content (AvgIpc) is 2.46. The van der Waals surface area contributed by atoms with Crippen LogP contribution >= 0.6 is 0 Å². The van der Waals surface area contributed by atoms with Gasteiger partial charge in [0.1, 0.15) is 11.6 Å². The maximum atomic E-state index is 5.27. The minimum atomic E-state index is 0.858. The predicted molar refractivity (Wildman–Crippen MR) is 79.9 cm³/mol.